The summed E-state index contributed by atoms with van der Waals surface area (Å²) >= 11 is 1.51. The van der Waals surface area contributed by atoms with Crippen molar-refractivity contribution in [3.8, 4) is 11.3 Å². The molecular formula is C19H25N2NaO4S. The molecule has 1 amide bonds. The molecule has 2 aromatic rings. The third-order valence-electron chi connectivity index (χ3n) is 3.84. The predicted octanol–water partition coefficient (Wildman–Crippen LogP) is 1.86. The number of carbonyl (C=O) groups excluding carboxylic acids is 1. The molecule has 8 heteroatoms. The van der Waals surface area contributed by atoms with E-state index in [9.17, 15) is 9.59 Å². The Labute approximate surface area is 187 Å². The minimum atomic E-state index is -0.958. The van der Waals surface area contributed by atoms with Crippen LogP contribution >= 0.6 is 11.3 Å². The molecular weight excluding hydrogens is 375 g/mol. The average Bonchev–Trinajstić information content (AvgIpc) is 2.93. The average molecular weight is 400 g/mol. The fourth-order valence-corrected chi connectivity index (χ4v) is 3.33. The first-order valence-electron chi connectivity index (χ1n) is 8.26. The zero-order valence-electron chi connectivity index (χ0n) is 17.9. The summed E-state index contributed by atoms with van der Waals surface area (Å²) in [6.07, 6.45) is -0.398. The summed E-state index contributed by atoms with van der Waals surface area (Å²) in [5, 5.41) is 9.81. The molecule has 0 aliphatic carbocycles. The van der Waals surface area contributed by atoms with Gasteiger partial charge in [0.25, 0.3) is 0 Å². The molecule has 0 spiro atoms. The summed E-state index contributed by atoms with van der Waals surface area (Å²) in [6, 6.07) is 6.38. The van der Waals surface area contributed by atoms with Crippen molar-refractivity contribution in [3.05, 3.63) is 39.7 Å². The molecule has 0 unspecified atom stereocenters. The van der Waals surface area contributed by atoms with Crippen molar-refractivity contribution in [1.82, 2.24) is 9.88 Å². The van der Waals surface area contributed by atoms with Gasteiger partial charge in [-0.1, -0.05) is 12.1 Å². The third-order valence-corrected chi connectivity index (χ3v) is 4.98. The Hall–Kier alpha value is -1.41. The summed E-state index contributed by atoms with van der Waals surface area (Å²) in [4.78, 5) is 30.5. The number of rotatable bonds is 4. The Kier molecular flexibility index (Phi) is 8.04. The van der Waals surface area contributed by atoms with Crippen molar-refractivity contribution in [2.24, 2.45) is 0 Å². The summed E-state index contributed by atoms with van der Waals surface area (Å²) in [6.45, 7) is 9.35. The number of aromatic carboxylic acids is 1. The van der Waals surface area contributed by atoms with Crippen LogP contribution in [0, 0.1) is 6.92 Å². The van der Waals surface area contributed by atoms with Crippen LogP contribution in [0.3, 0.4) is 0 Å². The van der Waals surface area contributed by atoms with E-state index in [2.05, 4.69) is 4.98 Å². The number of hydrogen-bond acceptors (Lipinski definition) is 5. The fraction of sp³-hybridized carbons (Fsp3) is 0.421. The quantitative estimate of drug-likeness (QED) is 0.793. The Morgan fingerprint density at radius 3 is 2.30 bits per heavy atom. The zero-order chi connectivity index (χ0) is 19.6. The van der Waals surface area contributed by atoms with Crippen molar-refractivity contribution < 1.29 is 50.4 Å². The van der Waals surface area contributed by atoms with E-state index in [4.69, 9.17) is 9.84 Å². The van der Waals surface area contributed by atoms with Crippen LogP contribution in [0.5, 0.6) is 0 Å². The summed E-state index contributed by atoms with van der Waals surface area (Å²) < 4.78 is 5.41. The first-order valence-corrected chi connectivity index (χ1v) is 9.08. The second-order valence-electron chi connectivity index (χ2n) is 7.11. The second kappa shape index (κ2) is 9.19. The molecule has 27 heavy (non-hydrogen) atoms. The topological polar surface area (TPSA) is 79.7 Å². The second-order valence-corrected chi connectivity index (χ2v) is 8.34. The van der Waals surface area contributed by atoms with Gasteiger partial charge in [0.2, 0.25) is 0 Å². The molecule has 0 fully saturated rings. The normalized spacial score (nSPS) is 12.1. The molecule has 1 N–H and O–H groups in total. The van der Waals surface area contributed by atoms with Crippen LogP contribution in [0.25, 0.3) is 11.3 Å². The number of thiazole rings is 1. The summed E-state index contributed by atoms with van der Waals surface area (Å²) in [5.74, 6) is -0.958. The van der Waals surface area contributed by atoms with Gasteiger partial charge in [0.15, 0.2) is 0 Å². The van der Waals surface area contributed by atoms with Crippen LogP contribution in [0.2, 0.25) is 0 Å². The van der Waals surface area contributed by atoms with Crippen LogP contribution in [0.1, 0.15) is 55.4 Å². The number of aryl methyl sites for hydroxylation is 1. The minimum absolute atomic E-state index is 0. The van der Waals surface area contributed by atoms with Gasteiger partial charge in [0, 0.05) is 17.5 Å². The third kappa shape index (κ3) is 6.04. The molecule has 1 aromatic heterocycles. The monoisotopic (exact) mass is 400 g/mol. The number of benzene rings is 1. The van der Waals surface area contributed by atoms with E-state index in [0.717, 1.165) is 21.1 Å². The van der Waals surface area contributed by atoms with E-state index in [-0.39, 0.29) is 42.6 Å². The van der Waals surface area contributed by atoms with Crippen molar-refractivity contribution in [1.29, 1.82) is 0 Å². The number of carbonyl (C=O) groups is 2. The number of ether oxygens (including phenoxy) is 1. The van der Waals surface area contributed by atoms with Gasteiger partial charge in [-0.3, -0.25) is 0 Å². The van der Waals surface area contributed by atoms with Crippen molar-refractivity contribution in [3.63, 3.8) is 0 Å². The fourth-order valence-electron chi connectivity index (χ4n) is 2.29. The zero-order valence-corrected chi connectivity index (χ0v) is 19.7. The molecule has 2 rings (SSSR count). The first-order chi connectivity index (χ1) is 12.0. The maximum Gasteiger partial charge on any atom is 1.00 e. The van der Waals surface area contributed by atoms with Crippen LogP contribution in [-0.4, -0.2) is 39.7 Å². The molecule has 0 aliphatic heterocycles. The van der Waals surface area contributed by atoms with Crippen LogP contribution in [-0.2, 0) is 4.74 Å². The van der Waals surface area contributed by atoms with Crippen LogP contribution in [0.15, 0.2) is 24.3 Å². The largest absolute Gasteiger partial charge is 1.00 e. The van der Waals surface area contributed by atoms with Gasteiger partial charge in [-0.15, -0.1) is 11.3 Å². The Balaban J connectivity index is 0.00000364. The first kappa shape index (κ1) is 23.6. The number of nitrogens with zero attached hydrogens (tertiary/aromatic N) is 2. The molecule has 0 saturated heterocycles. The molecule has 0 saturated carbocycles. The van der Waals surface area contributed by atoms with Gasteiger partial charge in [-0.2, -0.15) is 0 Å². The van der Waals surface area contributed by atoms with E-state index in [0.29, 0.717) is 0 Å². The van der Waals surface area contributed by atoms with E-state index in [1.807, 2.05) is 34.6 Å². The molecule has 142 valence electrons. The van der Waals surface area contributed by atoms with Crippen LogP contribution < -0.4 is 29.6 Å². The predicted molar refractivity (Wildman–Crippen MR) is 103 cm³/mol. The molecule has 0 radical (unpaired) electrons. The molecule has 1 atom stereocenters. The number of aromatic nitrogens is 1. The van der Waals surface area contributed by atoms with Gasteiger partial charge in [0.05, 0.1) is 17.3 Å². The summed E-state index contributed by atoms with van der Waals surface area (Å²) in [5.41, 5.74) is 1.33. The number of amides is 1. The Morgan fingerprint density at radius 2 is 1.81 bits per heavy atom. The van der Waals surface area contributed by atoms with E-state index in [1.165, 1.54) is 16.2 Å². The van der Waals surface area contributed by atoms with Gasteiger partial charge in [-0.25, -0.2) is 14.6 Å². The number of carboxylic acid groups (broad SMARTS) is 1. The molecule has 6 nitrogen and oxygen atoms in total. The van der Waals surface area contributed by atoms with E-state index in [1.54, 1.807) is 31.3 Å². The van der Waals surface area contributed by atoms with Gasteiger partial charge in [-0.05, 0) is 46.8 Å². The smallest absolute Gasteiger partial charge is 1.00 e. The number of carboxylic acids is 1. The van der Waals surface area contributed by atoms with Crippen molar-refractivity contribution >= 4 is 23.4 Å². The maximum absolute atomic E-state index is 12.3. The van der Waals surface area contributed by atoms with Crippen molar-refractivity contribution in [2.75, 3.05) is 7.05 Å². The molecule has 0 bridgehead atoms. The van der Waals surface area contributed by atoms with Gasteiger partial charge >= 0.3 is 41.6 Å². The minimum Gasteiger partial charge on any atom is -1.00 e. The van der Waals surface area contributed by atoms with Gasteiger partial charge < -0.3 is 16.2 Å². The van der Waals surface area contributed by atoms with Crippen LogP contribution in [0.4, 0.5) is 4.79 Å². The molecule has 0 aliphatic rings. The Bertz CT molecular complexity index is 818. The van der Waals surface area contributed by atoms with E-state index >= 15 is 0 Å². The molecule has 1 heterocycles. The maximum atomic E-state index is 12.3. The van der Waals surface area contributed by atoms with Gasteiger partial charge in [0.1, 0.15) is 10.6 Å². The number of hydrogen-bond donors (Lipinski definition) is 1. The SMILES string of the molecule is Cc1sc([C@H](C)N(C)C(=O)OC(C)(C)C)nc1-c1ccc(C(=O)O)cc1.[H-].[Na+]. The summed E-state index contributed by atoms with van der Waals surface area (Å²) in [7, 11) is 1.69. The standard InChI is InChI=1S/C19H24N2O4S.Na.H/c1-11(21(6)18(24)25-19(3,4)5)16-20-15(12(2)26-16)13-7-9-14(10-8-13)17(22)23;;/h7-11H,1-6H3,(H,22,23);;/q;+1;-1/t11-;;/m0../s1. The van der Waals surface area contributed by atoms with E-state index < -0.39 is 17.7 Å². The van der Waals surface area contributed by atoms with Crippen molar-refractivity contribution in [2.45, 2.75) is 46.3 Å². The molecule has 1 aromatic carbocycles. The Morgan fingerprint density at radius 1 is 1.26 bits per heavy atom.